The fourth-order valence-electron chi connectivity index (χ4n) is 2.31. The first-order valence-electron chi connectivity index (χ1n) is 5.32. The normalized spacial score (nSPS) is 25.4. The zero-order valence-electron chi connectivity index (χ0n) is 8.65. The summed E-state index contributed by atoms with van der Waals surface area (Å²) < 4.78 is 0. The molecular weight excluding hydrogens is 192 g/mol. The SMILES string of the molecule is C[C@@H](c1cccs1)N1CCC[C@@H]1CN. The zero-order chi connectivity index (χ0) is 9.97. The second-order valence-electron chi connectivity index (χ2n) is 3.96. The van der Waals surface area contributed by atoms with Crippen molar-refractivity contribution in [3.8, 4) is 0 Å². The first kappa shape index (κ1) is 10.1. The van der Waals surface area contributed by atoms with Crippen LogP contribution in [-0.4, -0.2) is 24.0 Å². The minimum absolute atomic E-state index is 0.547. The average Bonchev–Trinajstić information content (AvgIpc) is 2.87. The predicted octanol–water partition coefficient (Wildman–Crippen LogP) is 2.23. The highest BCUT2D eigenvalue weighted by molar-refractivity contribution is 7.10. The van der Waals surface area contributed by atoms with Crippen LogP contribution in [0.1, 0.15) is 30.7 Å². The van der Waals surface area contributed by atoms with E-state index in [1.165, 1.54) is 24.3 Å². The number of thiophene rings is 1. The van der Waals surface area contributed by atoms with Crippen LogP contribution in [0.25, 0.3) is 0 Å². The molecule has 1 aliphatic rings. The molecule has 0 amide bonds. The molecule has 0 radical (unpaired) electrons. The molecular formula is C11H18N2S. The standard InChI is InChI=1S/C11H18N2S/c1-9(11-5-3-7-14-11)13-6-2-4-10(13)8-12/h3,5,7,9-10H,2,4,6,8,12H2,1H3/t9-,10+/m0/s1. The van der Waals surface area contributed by atoms with Crippen molar-refractivity contribution in [1.82, 2.24) is 4.90 Å². The Morgan fingerprint density at radius 3 is 3.21 bits per heavy atom. The van der Waals surface area contributed by atoms with Crippen molar-refractivity contribution in [2.24, 2.45) is 5.73 Å². The quantitative estimate of drug-likeness (QED) is 0.829. The molecule has 2 N–H and O–H groups in total. The van der Waals surface area contributed by atoms with E-state index in [2.05, 4.69) is 29.3 Å². The average molecular weight is 210 g/mol. The van der Waals surface area contributed by atoms with E-state index in [1.807, 2.05) is 11.3 Å². The molecule has 1 aromatic heterocycles. The van der Waals surface area contributed by atoms with Crippen molar-refractivity contribution < 1.29 is 0 Å². The summed E-state index contributed by atoms with van der Waals surface area (Å²) in [4.78, 5) is 4.01. The second kappa shape index (κ2) is 4.43. The van der Waals surface area contributed by atoms with Crippen LogP contribution in [0.15, 0.2) is 17.5 Å². The predicted molar refractivity (Wildman–Crippen MR) is 61.5 cm³/mol. The monoisotopic (exact) mass is 210 g/mol. The van der Waals surface area contributed by atoms with E-state index in [9.17, 15) is 0 Å². The van der Waals surface area contributed by atoms with E-state index >= 15 is 0 Å². The minimum atomic E-state index is 0.547. The van der Waals surface area contributed by atoms with Crippen LogP contribution >= 0.6 is 11.3 Å². The third-order valence-electron chi connectivity index (χ3n) is 3.15. The number of nitrogens with zero attached hydrogens (tertiary/aromatic N) is 1. The molecule has 3 heteroatoms. The van der Waals surface area contributed by atoms with Gasteiger partial charge in [-0.15, -0.1) is 11.3 Å². The summed E-state index contributed by atoms with van der Waals surface area (Å²) in [6.45, 7) is 4.30. The van der Waals surface area contributed by atoms with Crippen molar-refractivity contribution in [3.05, 3.63) is 22.4 Å². The molecule has 1 saturated heterocycles. The lowest BCUT2D eigenvalue weighted by Gasteiger charge is -2.29. The van der Waals surface area contributed by atoms with Gasteiger partial charge in [0.2, 0.25) is 0 Å². The smallest absolute Gasteiger partial charge is 0.0416 e. The van der Waals surface area contributed by atoms with E-state index in [0.717, 1.165) is 6.54 Å². The van der Waals surface area contributed by atoms with E-state index in [0.29, 0.717) is 12.1 Å². The van der Waals surface area contributed by atoms with Gasteiger partial charge in [-0.05, 0) is 37.8 Å². The van der Waals surface area contributed by atoms with Gasteiger partial charge in [0, 0.05) is 23.5 Å². The van der Waals surface area contributed by atoms with Crippen LogP contribution in [0.2, 0.25) is 0 Å². The van der Waals surface area contributed by atoms with Crippen LogP contribution in [0.5, 0.6) is 0 Å². The van der Waals surface area contributed by atoms with E-state index in [1.54, 1.807) is 0 Å². The Labute approximate surface area is 89.7 Å². The van der Waals surface area contributed by atoms with E-state index in [-0.39, 0.29) is 0 Å². The van der Waals surface area contributed by atoms with E-state index < -0.39 is 0 Å². The summed E-state index contributed by atoms with van der Waals surface area (Å²) in [5.41, 5.74) is 5.78. The molecule has 1 fully saturated rings. The van der Waals surface area contributed by atoms with Gasteiger partial charge in [-0.25, -0.2) is 0 Å². The van der Waals surface area contributed by atoms with Gasteiger partial charge >= 0.3 is 0 Å². The second-order valence-corrected chi connectivity index (χ2v) is 4.94. The van der Waals surface area contributed by atoms with Gasteiger partial charge in [-0.3, -0.25) is 4.90 Å². The van der Waals surface area contributed by atoms with Crippen molar-refractivity contribution in [2.45, 2.75) is 31.8 Å². The first-order chi connectivity index (χ1) is 6.83. The molecule has 1 aliphatic heterocycles. The molecule has 0 unspecified atom stereocenters. The van der Waals surface area contributed by atoms with Crippen LogP contribution in [0.4, 0.5) is 0 Å². The maximum Gasteiger partial charge on any atom is 0.0416 e. The van der Waals surface area contributed by atoms with Crippen LogP contribution in [-0.2, 0) is 0 Å². The lowest BCUT2D eigenvalue weighted by Crippen LogP contribution is -2.36. The van der Waals surface area contributed by atoms with Gasteiger partial charge in [0.05, 0.1) is 0 Å². The van der Waals surface area contributed by atoms with Gasteiger partial charge in [0.25, 0.3) is 0 Å². The Morgan fingerprint density at radius 2 is 2.57 bits per heavy atom. The Kier molecular flexibility index (Phi) is 3.21. The van der Waals surface area contributed by atoms with Crippen molar-refractivity contribution in [3.63, 3.8) is 0 Å². The third kappa shape index (κ3) is 1.85. The molecule has 2 atom stereocenters. The number of rotatable bonds is 3. The first-order valence-corrected chi connectivity index (χ1v) is 6.20. The molecule has 1 aromatic rings. The highest BCUT2D eigenvalue weighted by atomic mass is 32.1. The minimum Gasteiger partial charge on any atom is -0.329 e. The van der Waals surface area contributed by atoms with Gasteiger partial charge in [0.1, 0.15) is 0 Å². The molecule has 0 bridgehead atoms. The number of hydrogen-bond donors (Lipinski definition) is 1. The van der Waals surface area contributed by atoms with Gasteiger partial charge < -0.3 is 5.73 Å². The number of likely N-dealkylation sites (tertiary alicyclic amines) is 1. The number of hydrogen-bond acceptors (Lipinski definition) is 3. The topological polar surface area (TPSA) is 29.3 Å². The molecule has 14 heavy (non-hydrogen) atoms. The summed E-state index contributed by atoms with van der Waals surface area (Å²) in [5, 5.41) is 2.15. The summed E-state index contributed by atoms with van der Waals surface area (Å²) in [5.74, 6) is 0. The number of nitrogens with two attached hydrogens (primary N) is 1. The summed E-state index contributed by atoms with van der Waals surface area (Å²) in [6.07, 6.45) is 2.57. The van der Waals surface area contributed by atoms with Crippen LogP contribution in [0, 0.1) is 0 Å². The molecule has 0 aliphatic carbocycles. The summed E-state index contributed by atoms with van der Waals surface area (Å²) in [6, 6.07) is 5.50. The molecule has 78 valence electrons. The van der Waals surface area contributed by atoms with Crippen molar-refractivity contribution >= 4 is 11.3 Å². The highest BCUT2D eigenvalue weighted by Gasteiger charge is 2.28. The fraction of sp³-hybridized carbons (Fsp3) is 0.636. The van der Waals surface area contributed by atoms with Crippen LogP contribution in [0.3, 0.4) is 0 Å². The molecule has 2 nitrogen and oxygen atoms in total. The molecule has 0 saturated carbocycles. The third-order valence-corrected chi connectivity index (χ3v) is 4.19. The maximum absolute atomic E-state index is 5.78. The Hall–Kier alpha value is -0.380. The largest absolute Gasteiger partial charge is 0.329 e. The van der Waals surface area contributed by atoms with Gasteiger partial charge in [0.15, 0.2) is 0 Å². The molecule has 2 heterocycles. The van der Waals surface area contributed by atoms with Gasteiger partial charge in [-0.1, -0.05) is 6.07 Å². The van der Waals surface area contributed by atoms with Gasteiger partial charge in [-0.2, -0.15) is 0 Å². The Bertz CT molecular complexity index is 271. The molecule has 0 spiro atoms. The van der Waals surface area contributed by atoms with Crippen molar-refractivity contribution in [1.29, 1.82) is 0 Å². The fourth-order valence-corrected chi connectivity index (χ4v) is 3.12. The molecule has 0 aromatic carbocycles. The Morgan fingerprint density at radius 1 is 1.71 bits per heavy atom. The summed E-state index contributed by atoms with van der Waals surface area (Å²) in [7, 11) is 0. The lowest BCUT2D eigenvalue weighted by molar-refractivity contribution is 0.199. The highest BCUT2D eigenvalue weighted by Crippen LogP contribution is 2.30. The summed E-state index contributed by atoms with van der Waals surface area (Å²) >= 11 is 1.85. The van der Waals surface area contributed by atoms with Crippen molar-refractivity contribution in [2.75, 3.05) is 13.1 Å². The maximum atomic E-state index is 5.78. The van der Waals surface area contributed by atoms with E-state index in [4.69, 9.17) is 5.73 Å². The zero-order valence-corrected chi connectivity index (χ0v) is 9.46. The molecule has 2 rings (SSSR count). The Balaban J connectivity index is 2.07. The lowest BCUT2D eigenvalue weighted by atomic mass is 10.2. The van der Waals surface area contributed by atoms with Crippen LogP contribution < -0.4 is 5.73 Å².